The number of rotatable bonds is 5. The second-order valence-electron chi connectivity index (χ2n) is 6.74. The number of carboxylic acids is 1. The van der Waals surface area contributed by atoms with Crippen molar-refractivity contribution in [1.82, 2.24) is 4.90 Å². The Kier molecular flexibility index (Phi) is 5.02. The molecule has 1 N–H and O–H groups in total. The van der Waals surface area contributed by atoms with Gasteiger partial charge < -0.3 is 10.0 Å². The van der Waals surface area contributed by atoms with Crippen LogP contribution in [0.5, 0.6) is 0 Å². The van der Waals surface area contributed by atoms with Gasteiger partial charge in [0.15, 0.2) is 11.6 Å². The zero-order valence-corrected chi connectivity index (χ0v) is 14.7. The van der Waals surface area contributed by atoms with Crippen LogP contribution in [0.2, 0.25) is 0 Å². The summed E-state index contributed by atoms with van der Waals surface area (Å²) in [6.45, 7) is 2.11. The predicted octanol–water partition coefficient (Wildman–Crippen LogP) is 2.63. The molecule has 6 nitrogen and oxygen atoms in total. The quantitative estimate of drug-likeness (QED) is 0.876. The van der Waals surface area contributed by atoms with E-state index in [-0.39, 0.29) is 23.9 Å². The van der Waals surface area contributed by atoms with Crippen molar-refractivity contribution in [2.45, 2.75) is 45.1 Å². The number of hydrogen-bond donors (Lipinski definition) is 1. The molecule has 136 valence electrons. The molecule has 0 saturated carbocycles. The Morgan fingerprint density at radius 3 is 2.46 bits per heavy atom. The summed E-state index contributed by atoms with van der Waals surface area (Å²) in [5.41, 5.74) is 1.73. The normalized spacial score (nSPS) is 19.7. The van der Waals surface area contributed by atoms with E-state index in [1.165, 1.54) is 4.90 Å². The molecule has 1 aromatic rings. The molecular formula is C20H21NO5. The molecule has 0 bridgehead atoms. The summed E-state index contributed by atoms with van der Waals surface area (Å²) in [6, 6.07) is 6.02. The Hall–Kier alpha value is -2.76. The van der Waals surface area contributed by atoms with Crippen LogP contribution in [0.4, 0.5) is 0 Å². The topological polar surface area (TPSA) is 91.8 Å². The average Bonchev–Trinajstić information content (AvgIpc) is 3.13. The van der Waals surface area contributed by atoms with Crippen LogP contribution in [0.3, 0.4) is 0 Å². The lowest BCUT2D eigenvalue weighted by Crippen LogP contribution is -2.40. The standard InChI is InChI=1S/C20H21NO5/c1-12-13(19(24)15-7-3-2-6-14(15)18(12)23)8-4-10-17(22)21-11-5-9-16(21)20(25)26/h2-3,6-7,16H,4-5,8-11H2,1H3,(H,25,26)/t16-/m0/s1. The number of carboxylic acid groups (broad SMARTS) is 1. The molecule has 1 aromatic carbocycles. The Balaban J connectivity index is 1.66. The molecule has 1 heterocycles. The van der Waals surface area contributed by atoms with Crippen molar-refractivity contribution in [3.63, 3.8) is 0 Å². The van der Waals surface area contributed by atoms with Crippen molar-refractivity contribution < 1.29 is 24.3 Å². The summed E-state index contributed by atoms with van der Waals surface area (Å²) in [5, 5.41) is 9.17. The molecule has 6 heteroatoms. The second kappa shape index (κ2) is 7.23. The van der Waals surface area contributed by atoms with Gasteiger partial charge in [-0.2, -0.15) is 0 Å². The van der Waals surface area contributed by atoms with E-state index in [0.29, 0.717) is 54.5 Å². The maximum Gasteiger partial charge on any atom is 0.326 e. The van der Waals surface area contributed by atoms with Crippen molar-refractivity contribution in [3.05, 3.63) is 46.5 Å². The van der Waals surface area contributed by atoms with E-state index >= 15 is 0 Å². The first-order chi connectivity index (χ1) is 12.4. The van der Waals surface area contributed by atoms with E-state index in [1.54, 1.807) is 31.2 Å². The second-order valence-corrected chi connectivity index (χ2v) is 6.74. The molecule has 0 aromatic heterocycles. The highest BCUT2D eigenvalue weighted by Crippen LogP contribution is 2.29. The lowest BCUT2D eigenvalue weighted by molar-refractivity contribution is -0.148. The van der Waals surface area contributed by atoms with Gasteiger partial charge in [-0.05, 0) is 32.6 Å². The molecule has 1 saturated heterocycles. The number of carbonyl (C=O) groups excluding carboxylic acids is 3. The summed E-state index contributed by atoms with van der Waals surface area (Å²) in [7, 11) is 0. The highest BCUT2D eigenvalue weighted by Gasteiger charge is 2.34. The average molecular weight is 355 g/mol. The van der Waals surface area contributed by atoms with Crippen LogP contribution in [-0.4, -0.2) is 46.0 Å². The van der Waals surface area contributed by atoms with Crippen LogP contribution in [0.1, 0.15) is 59.7 Å². The number of aliphatic carboxylic acids is 1. The third kappa shape index (κ3) is 3.19. The Bertz CT molecular complexity index is 823. The van der Waals surface area contributed by atoms with Gasteiger partial charge in [-0.15, -0.1) is 0 Å². The molecule has 1 atom stereocenters. The number of allylic oxidation sites excluding steroid dienone is 2. The largest absolute Gasteiger partial charge is 0.480 e. The van der Waals surface area contributed by atoms with Gasteiger partial charge in [0.05, 0.1) is 0 Å². The summed E-state index contributed by atoms with van der Waals surface area (Å²) >= 11 is 0. The minimum Gasteiger partial charge on any atom is -0.480 e. The number of fused-ring (bicyclic) bond motifs is 1. The van der Waals surface area contributed by atoms with Crippen LogP contribution in [0.15, 0.2) is 35.4 Å². The zero-order chi connectivity index (χ0) is 18.8. The number of likely N-dealkylation sites (tertiary alicyclic amines) is 1. The zero-order valence-electron chi connectivity index (χ0n) is 14.7. The molecule has 0 radical (unpaired) electrons. The lowest BCUT2D eigenvalue weighted by atomic mass is 9.83. The summed E-state index contributed by atoms with van der Waals surface area (Å²) < 4.78 is 0. The van der Waals surface area contributed by atoms with Crippen LogP contribution >= 0.6 is 0 Å². The number of benzene rings is 1. The van der Waals surface area contributed by atoms with Gasteiger partial charge in [0.25, 0.3) is 0 Å². The third-order valence-corrected chi connectivity index (χ3v) is 5.16. The van der Waals surface area contributed by atoms with E-state index in [1.807, 2.05) is 0 Å². The maximum atomic E-state index is 12.7. The molecule has 1 aliphatic carbocycles. The number of Topliss-reactive ketones (excluding diaryl/α,β-unsaturated/α-hetero) is 2. The highest BCUT2D eigenvalue weighted by molar-refractivity contribution is 6.26. The van der Waals surface area contributed by atoms with Gasteiger partial charge in [-0.1, -0.05) is 24.3 Å². The number of hydrogen-bond acceptors (Lipinski definition) is 4. The van der Waals surface area contributed by atoms with Gasteiger partial charge in [0, 0.05) is 35.2 Å². The van der Waals surface area contributed by atoms with Crippen molar-refractivity contribution in [1.29, 1.82) is 0 Å². The number of amides is 1. The fourth-order valence-corrected chi connectivity index (χ4v) is 3.73. The SMILES string of the molecule is CC1=C(CCCC(=O)N2CCC[C@H]2C(=O)O)C(=O)c2ccccc2C1=O. The number of ketones is 2. The van der Waals surface area contributed by atoms with Crippen molar-refractivity contribution in [2.75, 3.05) is 6.54 Å². The van der Waals surface area contributed by atoms with Gasteiger partial charge in [0.1, 0.15) is 6.04 Å². The van der Waals surface area contributed by atoms with Gasteiger partial charge >= 0.3 is 5.97 Å². The summed E-state index contributed by atoms with van der Waals surface area (Å²) in [5.74, 6) is -1.48. The molecule has 2 aliphatic rings. The van der Waals surface area contributed by atoms with Crippen molar-refractivity contribution >= 4 is 23.4 Å². The van der Waals surface area contributed by atoms with Crippen molar-refractivity contribution in [3.8, 4) is 0 Å². The molecule has 0 spiro atoms. The third-order valence-electron chi connectivity index (χ3n) is 5.16. The minimum atomic E-state index is -0.973. The number of nitrogens with zero attached hydrogens (tertiary/aromatic N) is 1. The first-order valence-electron chi connectivity index (χ1n) is 8.82. The van der Waals surface area contributed by atoms with E-state index in [4.69, 9.17) is 5.11 Å². The highest BCUT2D eigenvalue weighted by atomic mass is 16.4. The maximum absolute atomic E-state index is 12.7. The summed E-state index contributed by atoms with van der Waals surface area (Å²) in [4.78, 5) is 50.0. The molecule has 3 rings (SSSR count). The monoisotopic (exact) mass is 355 g/mol. The number of carbonyl (C=O) groups is 4. The molecule has 1 aliphatic heterocycles. The smallest absolute Gasteiger partial charge is 0.326 e. The van der Waals surface area contributed by atoms with E-state index in [0.717, 1.165) is 0 Å². The fraction of sp³-hybridized carbons (Fsp3) is 0.400. The van der Waals surface area contributed by atoms with E-state index < -0.39 is 12.0 Å². The Labute approximate surface area is 151 Å². The van der Waals surface area contributed by atoms with E-state index in [9.17, 15) is 19.2 Å². The Morgan fingerprint density at radius 1 is 1.15 bits per heavy atom. The van der Waals surface area contributed by atoms with E-state index in [2.05, 4.69) is 0 Å². The van der Waals surface area contributed by atoms with Gasteiger partial charge in [0.2, 0.25) is 5.91 Å². The Morgan fingerprint density at radius 2 is 1.81 bits per heavy atom. The minimum absolute atomic E-state index is 0.146. The predicted molar refractivity (Wildman–Crippen MR) is 94.0 cm³/mol. The van der Waals surface area contributed by atoms with Crippen LogP contribution < -0.4 is 0 Å². The molecule has 1 fully saturated rings. The fourth-order valence-electron chi connectivity index (χ4n) is 3.73. The first-order valence-corrected chi connectivity index (χ1v) is 8.82. The van der Waals surface area contributed by atoms with Crippen LogP contribution in [0.25, 0.3) is 0 Å². The van der Waals surface area contributed by atoms with Crippen LogP contribution in [-0.2, 0) is 9.59 Å². The van der Waals surface area contributed by atoms with Gasteiger partial charge in [-0.3, -0.25) is 14.4 Å². The van der Waals surface area contributed by atoms with Gasteiger partial charge in [-0.25, -0.2) is 4.79 Å². The molecule has 0 unspecified atom stereocenters. The first kappa shape index (κ1) is 18.0. The molecular weight excluding hydrogens is 334 g/mol. The van der Waals surface area contributed by atoms with Crippen LogP contribution in [0, 0.1) is 0 Å². The lowest BCUT2D eigenvalue weighted by Gasteiger charge is -2.22. The molecule has 1 amide bonds. The van der Waals surface area contributed by atoms with Crippen molar-refractivity contribution in [2.24, 2.45) is 0 Å². The molecule has 26 heavy (non-hydrogen) atoms. The summed E-state index contributed by atoms with van der Waals surface area (Å²) in [6.07, 6.45) is 2.09.